The van der Waals surface area contributed by atoms with Gasteiger partial charge in [-0.1, -0.05) is 19.0 Å². The fourth-order valence-corrected chi connectivity index (χ4v) is 3.90. The molecule has 0 radical (unpaired) electrons. The van der Waals surface area contributed by atoms with E-state index in [1.807, 2.05) is 13.8 Å². The van der Waals surface area contributed by atoms with E-state index in [0.717, 1.165) is 12.8 Å². The summed E-state index contributed by atoms with van der Waals surface area (Å²) >= 11 is 0. The molecular weight excluding hydrogens is 332 g/mol. The number of rotatable bonds is 7. The summed E-state index contributed by atoms with van der Waals surface area (Å²) in [6.45, 7) is 5.49. The Hall–Kier alpha value is -1.63. The molecule has 3 fully saturated rings. The highest BCUT2D eigenvalue weighted by atomic mass is 16.5. The normalized spacial score (nSPS) is 22.6. The van der Waals surface area contributed by atoms with Crippen LogP contribution in [-0.4, -0.2) is 35.4 Å². The van der Waals surface area contributed by atoms with Gasteiger partial charge in [-0.25, -0.2) is 4.79 Å². The summed E-state index contributed by atoms with van der Waals surface area (Å²) in [6, 6.07) is -0.0215. The van der Waals surface area contributed by atoms with Crippen molar-refractivity contribution in [2.45, 2.75) is 70.4 Å². The van der Waals surface area contributed by atoms with Gasteiger partial charge in [-0.15, -0.1) is 0 Å². The lowest BCUT2D eigenvalue weighted by Gasteiger charge is -2.29. The van der Waals surface area contributed by atoms with E-state index < -0.39 is 0 Å². The van der Waals surface area contributed by atoms with Gasteiger partial charge in [-0.2, -0.15) is 4.98 Å². The minimum absolute atomic E-state index is 0.102. The number of ether oxygens (including phenoxy) is 1. The molecule has 1 aliphatic heterocycles. The Kier molecular flexibility index (Phi) is 5.16. The fraction of sp³-hybridized carbons (Fsp3) is 0.842. The number of amides is 2. The Bertz CT molecular complexity index is 606. The van der Waals surface area contributed by atoms with Crippen LogP contribution in [0.3, 0.4) is 0 Å². The predicted octanol–water partition coefficient (Wildman–Crippen LogP) is 3.15. The summed E-state index contributed by atoms with van der Waals surface area (Å²) in [6.07, 6.45) is 6.75. The highest BCUT2D eigenvalue weighted by molar-refractivity contribution is 5.74. The number of hydrogen-bond donors (Lipinski definition) is 2. The summed E-state index contributed by atoms with van der Waals surface area (Å²) < 4.78 is 11.0. The summed E-state index contributed by atoms with van der Waals surface area (Å²) in [5, 5.41) is 10.5. The van der Waals surface area contributed by atoms with Gasteiger partial charge in [0.05, 0.1) is 0 Å². The monoisotopic (exact) mass is 362 g/mol. The Morgan fingerprint density at radius 1 is 1.00 bits per heavy atom. The molecule has 1 atom stereocenters. The second kappa shape index (κ2) is 7.55. The van der Waals surface area contributed by atoms with Crippen molar-refractivity contribution >= 4 is 6.03 Å². The second-order valence-electron chi connectivity index (χ2n) is 8.39. The first-order valence-corrected chi connectivity index (χ1v) is 10.1. The van der Waals surface area contributed by atoms with Gasteiger partial charge in [0.25, 0.3) is 0 Å². The van der Waals surface area contributed by atoms with Crippen molar-refractivity contribution in [1.82, 2.24) is 20.8 Å². The summed E-state index contributed by atoms with van der Waals surface area (Å²) in [4.78, 5) is 17.3. The number of carbonyl (C=O) groups excluding carboxylic acids is 1. The molecule has 2 N–H and O–H groups in total. The number of hydrogen-bond acceptors (Lipinski definition) is 5. The molecular formula is C19H30N4O3. The summed E-state index contributed by atoms with van der Waals surface area (Å²) in [5.74, 6) is 3.01. The van der Waals surface area contributed by atoms with E-state index in [2.05, 4.69) is 20.8 Å². The van der Waals surface area contributed by atoms with Crippen molar-refractivity contribution in [2.24, 2.45) is 17.8 Å². The molecule has 0 unspecified atom stereocenters. The van der Waals surface area contributed by atoms with Crippen LogP contribution in [0.2, 0.25) is 0 Å². The van der Waals surface area contributed by atoms with Gasteiger partial charge in [0.1, 0.15) is 6.04 Å². The van der Waals surface area contributed by atoms with Gasteiger partial charge in [0.15, 0.2) is 5.82 Å². The molecule has 0 bridgehead atoms. The quantitative estimate of drug-likeness (QED) is 0.778. The molecule has 1 aromatic heterocycles. The zero-order chi connectivity index (χ0) is 18.1. The third kappa shape index (κ3) is 4.19. The first-order chi connectivity index (χ1) is 12.6. The van der Waals surface area contributed by atoms with Crippen LogP contribution >= 0.6 is 0 Å². The molecule has 2 heterocycles. The molecule has 1 aromatic rings. The van der Waals surface area contributed by atoms with Crippen LogP contribution in [0, 0.1) is 17.8 Å². The lowest BCUT2D eigenvalue weighted by Crippen LogP contribution is -2.47. The van der Waals surface area contributed by atoms with Crippen LogP contribution in [0.1, 0.15) is 76.0 Å². The van der Waals surface area contributed by atoms with Crippen LogP contribution in [0.25, 0.3) is 0 Å². The Labute approximate surface area is 154 Å². The van der Waals surface area contributed by atoms with Crippen LogP contribution in [0.5, 0.6) is 0 Å². The third-order valence-electron chi connectivity index (χ3n) is 5.82. The third-order valence-corrected chi connectivity index (χ3v) is 5.82. The fourth-order valence-electron chi connectivity index (χ4n) is 3.90. The molecule has 2 saturated carbocycles. The molecule has 1 saturated heterocycles. The van der Waals surface area contributed by atoms with Gasteiger partial charge in [0.2, 0.25) is 5.89 Å². The molecule has 4 rings (SSSR count). The smallest absolute Gasteiger partial charge is 0.315 e. The minimum Gasteiger partial charge on any atom is -0.381 e. The Morgan fingerprint density at radius 3 is 2.19 bits per heavy atom. The van der Waals surface area contributed by atoms with Crippen molar-refractivity contribution in [3.05, 3.63) is 11.7 Å². The van der Waals surface area contributed by atoms with Crippen molar-refractivity contribution in [3.8, 4) is 0 Å². The maximum Gasteiger partial charge on any atom is 0.315 e. The number of nitrogens with one attached hydrogen (secondary N) is 2. The largest absolute Gasteiger partial charge is 0.381 e. The van der Waals surface area contributed by atoms with E-state index >= 15 is 0 Å². The van der Waals surface area contributed by atoms with E-state index in [4.69, 9.17) is 9.26 Å². The Morgan fingerprint density at radius 2 is 1.65 bits per heavy atom. The first kappa shape index (κ1) is 17.8. The van der Waals surface area contributed by atoms with Gasteiger partial charge in [-0.3, -0.25) is 0 Å². The molecule has 0 spiro atoms. The van der Waals surface area contributed by atoms with E-state index in [0.29, 0.717) is 42.8 Å². The van der Waals surface area contributed by atoms with E-state index in [1.165, 1.54) is 25.7 Å². The standard InChI is InChI=1S/C19H30N4O3/c1-11(2)17-22-18(26-23-17)16(14-7-9-25-10-8-14)21-19(24)20-15(12-3-4-12)13-5-6-13/h11-16H,3-10H2,1-2H3,(H2,20,21,24)/t16-/m0/s1. The molecule has 2 aliphatic carbocycles. The molecule has 0 aromatic carbocycles. The average molecular weight is 362 g/mol. The van der Waals surface area contributed by atoms with Crippen LogP contribution in [-0.2, 0) is 4.74 Å². The van der Waals surface area contributed by atoms with Crippen molar-refractivity contribution in [1.29, 1.82) is 0 Å². The zero-order valence-corrected chi connectivity index (χ0v) is 15.7. The van der Waals surface area contributed by atoms with Crippen molar-refractivity contribution in [2.75, 3.05) is 13.2 Å². The van der Waals surface area contributed by atoms with Crippen molar-refractivity contribution in [3.63, 3.8) is 0 Å². The molecule has 26 heavy (non-hydrogen) atoms. The van der Waals surface area contributed by atoms with Gasteiger partial charge in [-0.05, 0) is 56.3 Å². The zero-order valence-electron chi connectivity index (χ0n) is 15.7. The topological polar surface area (TPSA) is 89.3 Å². The van der Waals surface area contributed by atoms with Crippen LogP contribution in [0.4, 0.5) is 4.79 Å². The highest BCUT2D eigenvalue weighted by Gasteiger charge is 2.42. The molecule has 7 heteroatoms. The Balaban J connectivity index is 1.45. The van der Waals surface area contributed by atoms with Gasteiger partial charge < -0.3 is 19.9 Å². The van der Waals surface area contributed by atoms with Gasteiger partial charge >= 0.3 is 6.03 Å². The lowest BCUT2D eigenvalue weighted by molar-refractivity contribution is 0.0502. The van der Waals surface area contributed by atoms with Crippen molar-refractivity contribution < 1.29 is 14.1 Å². The van der Waals surface area contributed by atoms with Gasteiger partial charge in [0, 0.05) is 25.2 Å². The maximum absolute atomic E-state index is 12.7. The highest BCUT2D eigenvalue weighted by Crippen LogP contribution is 2.44. The number of urea groups is 1. The second-order valence-corrected chi connectivity index (χ2v) is 8.39. The van der Waals surface area contributed by atoms with Crippen LogP contribution < -0.4 is 10.6 Å². The SMILES string of the molecule is CC(C)c1noc([C@@H](NC(=O)NC(C2CC2)C2CC2)C2CCOCC2)n1. The minimum atomic E-state index is -0.252. The number of aromatic nitrogens is 2. The molecule has 3 aliphatic rings. The first-order valence-electron chi connectivity index (χ1n) is 10.1. The predicted molar refractivity (Wildman–Crippen MR) is 95.6 cm³/mol. The van der Waals surface area contributed by atoms with E-state index in [1.54, 1.807) is 0 Å². The number of nitrogens with zero attached hydrogens (tertiary/aromatic N) is 2. The summed E-state index contributed by atoms with van der Waals surface area (Å²) in [7, 11) is 0. The number of carbonyl (C=O) groups is 1. The lowest BCUT2D eigenvalue weighted by atomic mass is 9.91. The average Bonchev–Trinajstić information content (AvgIpc) is 3.57. The molecule has 7 nitrogen and oxygen atoms in total. The maximum atomic E-state index is 12.7. The molecule has 144 valence electrons. The summed E-state index contributed by atoms with van der Waals surface area (Å²) in [5.41, 5.74) is 0. The van der Waals surface area contributed by atoms with E-state index in [9.17, 15) is 4.79 Å². The van der Waals surface area contributed by atoms with Crippen LogP contribution in [0.15, 0.2) is 4.52 Å². The van der Waals surface area contributed by atoms with E-state index in [-0.39, 0.29) is 23.9 Å². The molecule has 2 amide bonds.